The fourth-order valence-electron chi connectivity index (χ4n) is 6.35. The molecule has 1 aromatic rings. The number of hydrogen-bond acceptors (Lipinski definition) is 5. The molecule has 176 valence electrons. The van der Waals surface area contributed by atoms with Crippen molar-refractivity contribution < 1.29 is 9.90 Å². The molecule has 0 unspecified atom stereocenters. The van der Waals surface area contributed by atoms with Crippen molar-refractivity contribution in [3.05, 3.63) is 70.1 Å². The summed E-state index contributed by atoms with van der Waals surface area (Å²) in [6.07, 6.45) is 14.6. The summed E-state index contributed by atoms with van der Waals surface area (Å²) in [5.41, 5.74) is 13.3. The van der Waals surface area contributed by atoms with E-state index in [0.29, 0.717) is 18.4 Å². The lowest BCUT2D eigenvalue weighted by Crippen LogP contribution is -2.41. The van der Waals surface area contributed by atoms with E-state index in [1.165, 1.54) is 33.4 Å². The van der Waals surface area contributed by atoms with Gasteiger partial charge in [-0.1, -0.05) is 30.4 Å². The van der Waals surface area contributed by atoms with E-state index < -0.39 is 5.97 Å². The van der Waals surface area contributed by atoms with Gasteiger partial charge in [0.25, 0.3) is 0 Å². The highest BCUT2D eigenvalue weighted by molar-refractivity contribution is 6.20. The molecule has 6 rings (SSSR count). The summed E-state index contributed by atoms with van der Waals surface area (Å²) in [5, 5.41) is 13.9. The minimum absolute atomic E-state index is 0.328. The smallest absolute Gasteiger partial charge is 0.303 e. The number of nitrogens with zero attached hydrogens (tertiary/aromatic N) is 3. The number of allylic oxidation sites excluding steroid dienone is 2. The van der Waals surface area contributed by atoms with Crippen LogP contribution in [0.15, 0.2) is 58.5 Å². The van der Waals surface area contributed by atoms with Crippen molar-refractivity contribution in [1.29, 1.82) is 0 Å². The van der Waals surface area contributed by atoms with E-state index in [9.17, 15) is 4.79 Å². The Hall–Kier alpha value is -3.12. The Kier molecular flexibility index (Phi) is 5.41. The molecule has 0 aromatic heterocycles. The third-order valence-electron chi connectivity index (χ3n) is 8.10. The van der Waals surface area contributed by atoms with Crippen LogP contribution in [0.5, 0.6) is 0 Å². The lowest BCUT2D eigenvalue weighted by molar-refractivity contribution is -0.138. The zero-order valence-corrected chi connectivity index (χ0v) is 19.8. The number of nitrogens with one attached hydrogen (secondary N) is 1. The number of carbonyl (C=O) groups is 1. The third-order valence-corrected chi connectivity index (χ3v) is 8.10. The van der Waals surface area contributed by atoms with Crippen LogP contribution >= 0.6 is 0 Å². The van der Waals surface area contributed by atoms with Crippen molar-refractivity contribution in [3.63, 3.8) is 0 Å². The van der Waals surface area contributed by atoms with Gasteiger partial charge in [0, 0.05) is 62.1 Å². The normalized spacial score (nSPS) is 26.1. The minimum Gasteiger partial charge on any atom is -0.481 e. The van der Waals surface area contributed by atoms with Crippen LogP contribution in [0.25, 0.3) is 11.6 Å². The van der Waals surface area contributed by atoms with E-state index in [1.54, 1.807) is 0 Å². The van der Waals surface area contributed by atoms with Crippen LogP contribution in [0, 0.1) is 5.92 Å². The second-order valence-electron chi connectivity index (χ2n) is 10.3. The van der Waals surface area contributed by atoms with E-state index in [-0.39, 0.29) is 0 Å². The topological polar surface area (TPSA) is 68.2 Å². The van der Waals surface area contributed by atoms with Crippen molar-refractivity contribution in [3.8, 4) is 0 Å². The van der Waals surface area contributed by atoms with Crippen LogP contribution in [0.3, 0.4) is 0 Å². The molecule has 1 aromatic carbocycles. The van der Waals surface area contributed by atoms with Gasteiger partial charge >= 0.3 is 5.97 Å². The molecule has 5 aliphatic rings. The maximum Gasteiger partial charge on any atom is 0.303 e. The SMILES string of the molecule is CN1C=C2C(=C(C3=CCN([C@H]4CC[C@H](CC(=O)O)CC4)CC3)C1)NN=C1C=Cc3cccc2c31. The maximum absolute atomic E-state index is 11.0. The molecule has 0 atom stereocenters. The van der Waals surface area contributed by atoms with Crippen LogP contribution in [-0.4, -0.2) is 59.3 Å². The number of carboxylic acids is 1. The number of likely N-dealkylation sites (N-methyl/N-ethyl adjacent to an activating group) is 1. The first kappa shape index (κ1) is 21.4. The van der Waals surface area contributed by atoms with Crippen molar-refractivity contribution in [2.24, 2.45) is 11.0 Å². The molecule has 0 bridgehead atoms. The van der Waals surface area contributed by atoms with Crippen molar-refractivity contribution in [2.45, 2.75) is 44.6 Å². The number of hydrazone groups is 1. The molecule has 3 aliphatic heterocycles. The number of rotatable bonds is 4. The van der Waals surface area contributed by atoms with Crippen LogP contribution in [-0.2, 0) is 4.79 Å². The molecule has 34 heavy (non-hydrogen) atoms. The van der Waals surface area contributed by atoms with Crippen LogP contribution in [0.4, 0.5) is 0 Å². The first-order chi connectivity index (χ1) is 16.6. The van der Waals surface area contributed by atoms with E-state index in [1.807, 2.05) is 0 Å². The van der Waals surface area contributed by atoms with E-state index in [2.05, 4.69) is 64.9 Å². The summed E-state index contributed by atoms with van der Waals surface area (Å²) in [6, 6.07) is 7.11. The van der Waals surface area contributed by atoms with Gasteiger partial charge in [0.2, 0.25) is 0 Å². The van der Waals surface area contributed by atoms with Gasteiger partial charge in [-0.15, -0.1) is 0 Å². The minimum atomic E-state index is -0.654. The van der Waals surface area contributed by atoms with Crippen molar-refractivity contribution >= 4 is 23.3 Å². The molecule has 0 spiro atoms. The number of benzene rings is 1. The second-order valence-corrected chi connectivity index (χ2v) is 10.3. The summed E-state index contributed by atoms with van der Waals surface area (Å²) in [4.78, 5) is 15.9. The summed E-state index contributed by atoms with van der Waals surface area (Å²) < 4.78 is 0. The van der Waals surface area contributed by atoms with Crippen molar-refractivity contribution in [2.75, 3.05) is 26.7 Å². The number of fused-ring (bicyclic) bond motifs is 2. The first-order valence-corrected chi connectivity index (χ1v) is 12.5. The van der Waals surface area contributed by atoms with Crippen molar-refractivity contribution in [1.82, 2.24) is 15.2 Å². The molecule has 6 nitrogen and oxygen atoms in total. The Labute approximate surface area is 201 Å². The maximum atomic E-state index is 11.0. The second kappa shape index (κ2) is 8.58. The average Bonchev–Trinajstić information content (AvgIpc) is 3.19. The quantitative estimate of drug-likeness (QED) is 0.710. The lowest BCUT2D eigenvalue weighted by Gasteiger charge is -2.39. The lowest BCUT2D eigenvalue weighted by atomic mass is 9.82. The predicted octanol–water partition coefficient (Wildman–Crippen LogP) is 4.23. The van der Waals surface area contributed by atoms with Gasteiger partial charge in [0.05, 0.1) is 11.4 Å². The van der Waals surface area contributed by atoms with Gasteiger partial charge in [-0.05, 0) is 60.8 Å². The molecule has 3 heterocycles. The zero-order valence-electron chi connectivity index (χ0n) is 19.8. The van der Waals surface area contributed by atoms with E-state index in [4.69, 9.17) is 10.2 Å². The van der Waals surface area contributed by atoms with Gasteiger partial charge in [-0.2, -0.15) is 5.10 Å². The largest absolute Gasteiger partial charge is 0.481 e. The average molecular weight is 457 g/mol. The van der Waals surface area contributed by atoms with Crippen LogP contribution in [0.1, 0.15) is 55.2 Å². The molecular formula is C28H32N4O2. The Morgan fingerprint density at radius 3 is 2.82 bits per heavy atom. The zero-order chi connectivity index (χ0) is 23.2. The molecule has 0 saturated heterocycles. The highest BCUT2D eigenvalue weighted by atomic mass is 16.4. The van der Waals surface area contributed by atoms with Gasteiger partial charge in [-0.25, -0.2) is 0 Å². The van der Waals surface area contributed by atoms with Gasteiger partial charge < -0.3 is 10.0 Å². The standard InChI is InChI=1S/C28H32N4O2/c1-31-16-23(19-11-13-32(14-12-19)21-8-5-18(6-9-21)15-26(33)34)28-24(17-31)22-4-2-3-20-7-10-25(27(20)22)29-30-28/h2-4,7,10-11,17-18,21,30H,5-6,8-9,12-16H2,1H3,(H,33,34)/t18-,21-. The summed E-state index contributed by atoms with van der Waals surface area (Å²) in [7, 11) is 2.16. The Balaban J connectivity index is 1.23. The highest BCUT2D eigenvalue weighted by Gasteiger charge is 2.32. The number of hydrogen-bond donors (Lipinski definition) is 2. The fourth-order valence-corrected chi connectivity index (χ4v) is 6.35. The van der Waals surface area contributed by atoms with Gasteiger partial charge in [0.15, 0.2) is 0 Å². The van der Waals surface area contributed by atoms with E-state index in [0.717, 1.165) is 63.1 Å². The molecule has 0 amide bonds. The summed E-state index contributed by atoms with van der Waals surface area (Å²) >= 11 is 0. The summed E-state index contributed by atoms with van der Waals surface area (Å²) in [5.74, 6) is -0.296. The molecule has 1 saturated carbocycles. The molecular weight excluding hydrogens is 424 g/mol. The molecule has 2 N–H and O–H groups in total. The fraction of sp³-hybridized carbons (Fsp3) is 0.429. The Morgan fingerprint density at radius 2 is 2.06 bits per heavy atom. The highest BCUT2D eigenvalue weighted by Crippen LogP contribution is 2.39. The van der Waals surface area contributed by atoms with Gasteiger partial charge in [-0.3, -0.25) is 15.1 Å². The Morgan fingerprint density at radius 1 is 1.21 bits per heavy atom. The van der Waals surface area contributed by atoms with Gasteiger partial charge in [0.1, 0.15) is 0 Å². The molecule has 0 radical (unpaired) electrons. The molecule has 2 aliphatic carbocycles. The van der Waals surface area contributed by atoms with Crippen LogP contribution in [0.2, 0.25) is 0 Å². The van der Waals surface area contributed by atoms with Crippen LogP contribution < -0.4 is 5.43 Å². The first-order valence-electron chi connectivity index (χ1n) is 12.5. The number of aliphatic carboxylic acids is 1. The molecule has 6 heteroatoms. The van der Waals surface area contributed by atoms with E-state index >= 15 is 0 Å². The predicted molar refractivity (Wildman–Crippen MR) is 135 cm³/mol. The Bertz CT molecular complexity index is 1180. The molecule has 1 fully saturated rings. The monoisotopic (exact) mass is 456 g/mol. The number of carboxylic acid groups (broad SMARTS) is 1. The summed E-state index contributed by atoms with van der Waals surface area (Å²) in [6.45, 7) is 2.92. The third kappa shape index (κ3) is 3.80.